The highest BCUT2D eigenvalue weighted by atomic mass is 19.1. The largest absolute Gasteiger partial charge is 0.497 e. The van der Waals surface area contributed by atoms with Gasteiger partial charge >= 0.3 is 0 Å². The van der Waals surface area contributed by atoms with Crippen molar-refractivity contribution in [3.05, 3.63) is 59.4 Å². The number of nitrogens with one attached hydrogen (secondary N) is 1. The van der Waals surface area contributed by atoms with Crippen LogP contribution in [0.4, 0.5) is 8.78 Å². The lowest BCUT2D eigenvalue weighted by Crippen LogP contribution is -2.41. The number of ether oxygens (including phenoxy) is 2. The number of para-hydroxylation sites is 1. The van der Waals surface area contributed by atoms with Crippen LogP contribution in [0.15, 0.2) is 42.5 Å². The van der Waals surface area contributed by atoms with Crippen LogP contribution in [-0.2, 0) is 6.42 Å². The minimum absolute atomic E-state index is 0.0549. The SMILES string of the molecule is CNCC1(F)Cc2cc(OC)ccc2C1Oc1ccccc1F. The molecule has 2 atom stereocenters. The molecule has 2 unspecified atom stereocenters. The van der Waals surface area contributed by atoms with E-state index in [1.807, 2.05) is 6.07 Å². The molecule has 0 bridgehead atoms. The zero-order valence-electron chi connectivity index (χ0n) is 13.1. The van der Waals surface area contributed by atoms with Crippen molar-refractivity contribution in [3.63, 3.8) is 0 Å². The maximum absolute atomic E-state index is 15.5. The first-order valence-corrected chi connectivity index (χ1v) is 7.49. The van der Waals surface area contributed by atoms with E-state index in [9.17, 15) is 4.39 Å². The standard InChI is InChI=1S/C18H19F2NO2/c1-21-11-18(20)10-12-9-13(22-2)7-8-14(12)17(18)23-16-6-4-3-5-15(16)19/h3-9,17,21H,10-11H2,1-2H3. The number of hydrogen-bond donors (Lipinski definition) is 1. The van der Waals surface area contributed by atoms with E-state index in [1.165, 1.54) is 12.1 Å². The van der Waals surface area contributed by atoms with Gasteiger partial charge in [0.2, 0.25) is 0 Å². The van der Waals surface area contributed by atoms with Gasteiger partial charge in [0.25, 0.3) is 0 Å². The van der Waals surface area contributed by atoms with Crippen molar-refractivity contribution in [1.29, 1.82) is 0 Å². The Morgan fingerprint density at radius 3 is 2.74 bits per heavy atom. The molecule has 2 aromatic carbocycles. The predicted octanol–water partition coefficient (Wildman–Crippen LogP) is 3.44. The van der Waals surface area contributed by atoms with Crippen LogP contribution in [0.3, 0.4) is 0 Å². The molecule has 0 saturated heterocycles. The molecule has 0 spiro atoms. The maximum Gasteiger partial charge on any atom is 0.168 e. The molecule has 0 radical (unpaired) electrons. The molecule has 1 aliphatic rings. The number of methoxy groups -OCH3 is 1. The average molecular weight is 319 g/mol. The summed E-state index contributed by atoms with van der Waals surface area (Å²) in [6.45, 7) is 0.114. The van der Waals surface area contributed by atoms with Gasteiger partial charge < -0.3 is 14.8 Å². The molecule has 23 heavy (non-hydrogen) atoms. The minimum atomic E-state index is -1.65. The second-order valence-electron chi connectivity index (χ2n) is 5.73. The Bertz CT molecular complexity index is 707. The van der Waals surface area contributed by atoms with E-state index in [2.05, 4.69) is 5.32 Å². The van der Waals surface area contributed by atoms with E-state index < -0.39 is 17.6 Å². The van der Waals surface area contributed by atoms with Gasteiger partial charge in [-0.3, -0.25) is 0 Å². The van der Waals surface area contributed by atoms with Crippen LogP contribution in [0, 0.1) is 5.82 Å². The first-order valence-electron chi connectivity index (χ1n) is 7.49. The molecule has 0 heterocycles. The predicted molar refractivity (Wildman–Crippen MR) is 84.2 cm³/mol. The quantitative estimate of drug-likeness (QED) is 0.916. The Labute approximate surface area is 134 Å². The lowest BCUT2D eigenvalue weighted by Gasteiger charge is -2.28. The third-order valence-corrected chi connectivity index (χ3v) is 4.14. The number of alkyl halides is 1. The van der Waals surface area contributed by atoms with Gasteiger partial charge in [-0.2, -0.15) is 0 Å². The number of fused-ring (bicyclic) bond motifs is 1. The van der Waals surface area contributed by atoms with Gasteiger partial charge in [-0.1, -0.05) is 18.2 Å². The molecule has 0 aromatic heterocycles. The van der Waals surface area contributed by atoms with Gasteiger partial charge in [-0.05, 0) is 42.4 Å². The van der Waals surface area contributed by atoms with Crippen LogP contribution < -0.4 is 14.8 Å². The van der Waals surface area contributed by atoms with E-state index in [1.54, 1.807) is 38.4 Å². The van der Waals surface area contributed by atoms with Crippen molar-refractivity contribution in [3.8, 4) is 11.5 Å². The summed E-state index contributed by atoms with van der Waals surface area (Å²) in [6, 6.07) is 11.4. The fraction of sp³-hybridized carbons (Fsp3) is 0.333. The molecule has 1 N–H and O–H groups in total. The van der Waals surface area contributed by atoms with Crippen LogP contribution in [-0.4, -0.2) is 26.4 Å². The summed E-state index contributed by atoms with van der Waals surface area (Å²) >= 11 is 0. The van der Waals surface area contributed by atoms with Crippen molar-refractivity contribution in [2.75, 3.05) is 20.7 Å². The van der Waals surface area contributed by atoms with Crippen LogP contribution in [0.1, 0.15) is 17.2 Å². The summed E-state index contributed by atoms with van der Waals surface area (Å²) < 4.78 is 40.3. The Morgan fingerprint density at radius 2 is 2.04 bits per heavy atom. The Morgan fingerprint density at radius 1 is 1.26 bits per heavy atom. The molecule has 0 aliphatic heterocycles. The van der Waals surface area contributed by atoms with Crippen LogP contribution in [0.25, 0.3) is 0 Å². The van der Waals surface area contributed by atoms with Crippen molar-refractivity contribution in [2.24, 2.45) is 0 Å². The van der Waals surface area contributed by atoms with Crippen molar-refractivity contribution in [2.45, 2.75) is 18.2 Å². The van der Waals surface area contributed by atoms with E-state index in [0.29, 0.717) is 5.75 Å². The molecule has 0 amide bonds. The Balaban J connectivity index is 1.99. The summed E-state index contributed by atoms with van der Waals surface area (Å²) in [7, 11) is 3.26. The summed E-state index contributed by atoms with van der Waals surface area (Å²) in [5.74, 6) is 0.225. The Hall–Kier alpha value is -2.14. The number of benzene rings is 2. The van der Waals surface area contributed by atoms with Gasteiger partial charge in [0, 0.05) is 13.0 Å². The lowest BCUT2D eigenvalue weighted by molar-refractivity contribution is 0.0209. The molecular weight excluding hydrogens is 300 g/mol. The second kappa shape index (κ2) is 6.16. The third kappa shape index (κ3) is 2.88. The van der Waals surface area contributed by atoms with E-state index in [4.69, 9.17) is 9.47 Å². The third-order valence-electron chi connectivity index (χ3n) is 4.14. The zero-order valence-corrected chi connectivity index (χ0v) is 13.1. The highest BCUT2D eigenvalue weighted by Gasteiger charge is 2.48. The summed E-state index contributed by atoms with van der Waals surface area (Å²) in [6.07, 6.45) is -0.674. The molecule has 2 aromatic rings. The van der Waals surface area contributed by atoms with Gasteiger partial charge in [0.05, 0.1) is 7.11 Å². The highest BCUT2D eigenvalue weighted by molar-refractivity contribution is 5.44. The Kier molecular flexibility index (Phi) is 4.22. The fourth-order valence-corrected chi connectivity index (χ4v) is 3.09. The summed E-state index contributed by atoms with van der Waals surface area (Å²) in [5, 5.41) is 2.86. The molecule has 0 fully saturated rings. The van der Waals surface area contributed by atoms with Gasteiger partial charge in [0.15, 0.2) is 23.3 Å². The van der Waals surface area contributed by atoms with Crippen molar-refractivity contribution >= 4 is 0 Å². The monoisotopic (exact) mass is 319 g/mol. The topological polar surface area (TPSA) is 30.5 Å². The van der Waals surface area contributed by atoms with Crippen molar-refractivity contribution < 1.29 is 18.3 Å². The van der Waals surface area contributed by atoms with Crippen LogP contribution in [0.5, 0.6) is 11.5 Å². The van der Waals surface area contributed by atoms with E-state index >= 15 is 4.39 Å². The first kappa shape index (κ1) is 15.7. The lowest BCUT2D eigenvalue weighted by atomic mass is 9.99. The maximum atomic E-state index is 15.5. The van der Waals surface area contributed by atoms with E-state index in [0.717, 1.165) is 11.1 Å². The molecular formula is C18H19F2NO2. The minimum Gasteiger partial charge on any atom is -0.497 e. The van der Waals surface area contributed by atoms with Gasteiger partial charge in [-0.25, -0.2) is 8.78 Å². The molecule has 3 rings (SSSR count). The zero-order chi connectivity index (χ0) is 16.4. The number of halogens is 2. The van der Waals surface area contributed by atoms with Crippen molar-refractivity contribution in [1.82, 2.24) is 5.32 Å². The van der Waals surface area contributed by atoms with Gasteiger partial charge in [-0.15, -0.1) is 0 Å². The highest BCUT2D eigenvalue weighted by Crippen LogP contribution is 2.45. The fourth-order valence-electron chi connectivity index (χ4n) is 3.09. The van der Waals surface area contributed by atoms with Crippen LogP contribution >= 0.6 is 0 Å². The molecule has 1 aliphatic carbocycles. The molecule has 122 valence electrons. The number of rotatable bonds is 5. The summed E-state index contributed by atoms with van der Waals surface area (Å²) in [4.78, 5) is 0. The molecule has 3 nitrogen and oxygen atoms in total. The van der Waals surface area contributed by atoms with Crippen LogP contribution in [0.2, 0.25) is 0 Å². The molecule has 5 heteroatoms. The second-order valence-corrected chi connectivity index (χ2v) is 5.73. The summed E-state index contributed by atoms with van der Waals surface area (Å²) in [5.41, 5.74) is -0.0959. The number of hydrogen-bond acceptors (Lipinski definition) is 3. The molecule has 0 saturated carbocycles. The smallest absolute Gasteiger partial charge is 0.168 e. The van der Waals surface area contributed by atoms with E-state index in [-0.39, 0.29) is 18.7 Å². The first-order chi connectivity index (χ1) is 11.1. The average Bonchev–Trinajstić information content (AvgIpc) is 2.81. The normalized spacial score (nSPS) is 22.7. The van der Waals surface area contributed by atoms with Gasteiger partial charge in [0.1, 0.15) is 5.75 Å².